The molecule has 0 radical (unpaired) electrons. The van der Waals surface area contributed by atoms with Gasteiger partial charge in [0.05, 0.1) is 18.7 Å². The number of urea groups is 1. The highest BCUT2D eigenvalue weighted by atomic mass is 35.5. The summed E-state index contributed by atoms with van der Waals surface area (Å²) in [6, 6.07) is 2.59. The first-order chi connectivity index (χ1) is 13.2. The summed E-state index contributed by atoms with van der Waals surface area (Å²) in [6.07, 6.45) is 1.47. The van der Waals surface area contributed by atoms with Crippen LogP contribution in [0.2, 0.25) is 5.02 Å². The third-order valence-electron chi connectivity index (χ3n) is 3.35. The van der Waals surface area contributed by atoms with Gasteiger partial charge in [-0.05, 0) is 36.6 Å². The first-order valence-electron chi connectivity index (χ1n) is 8.59. The summed E-state index contributed by atoms with van der Waals surface area (Å²) in [7, 11) is 2.85. The van der Waals surface area contributed by atoms with Gasteiger partial charge in [0.1, 0.15) is 0 Å². The number of amides is 3. The summed E-state index contributed by atoms with van der Waals surface area (Å²) in [5.74, 6) is -0.318. The van der Waals surface area contributed by atoms with E-state index in [0.29, 0.717) is 34.6 Å². The highest BCUT2D eigenvalue weighted by Crippen LogP contribution is 2.37. The number of carbonyl (C=O) groups excluding carboxylic acids is 3. The van der Waals surface area contributed by atoms with Crippen LogP contribution in [0, 0.1) is 5.92 Å². The van der Waals surface area contributed by atoms with Crippen molar-refractivity contribution in [1.82, 2.24) is 10.6 Å². The number of benzene rings is 1. The van der Waals surface area contributed by atoms with Crippen LogP contribution in [0.25, 0.3) is 6.08 Å². The summed E-state index contributed by atoms with van der Waals surface area (Å²) >= 11 is 6.25. The molecule has 0 unspecified atom stereocenters. The predicted octanol–water partition coefficient (Wildman–Crippen LogP) is 2.78. The van der Waals surface area contributed by atoms with E-state index in [-0.39, 0.29) is 0 Å². The fourth-order valence-corrected chi connectivity index (χ4v) is 2.21. The average molecular weight is 413 g/mol. The molecule has 0 aliphatic heterocycles. The van der Waals surface area contributed by atoms with Crippen molar-refractivity contribution in [3.63, 3.8) is 0 Å². The summed E-state index contributed by atoms with van der Waals surface area (Å²) in [5, 5.41) is 4.58. The molecule has 28 heavy (non-hydrogen) atoms. The van der Waals surface area contributed by atoms with Crippen molar-refractivity contribution in [2.75, 3.05) is 20.8 Å². The van der Waals surface area contributed by atoms with E-state index in [9.17, 15) is 14.4 Å². The predicted molar refractivity (Wildman–Crippen MR) is 106 cm³/mol. The lowest BCUT2D eigenvalue weighted by Crippen LogP contribution is -2.43. The Morgan fingerprint density at radius 2 is 1.89 bits per heavy atom. The molecular weight excluding hydrogens is 388 g/mol. The van der Waals surface area contributed by atoms with Crippen LogP contribution in [0.1, 0.15) is 26.3 Å². The van der Waals surface area contributed by atoms with Gasteiger partial charge in [0, 0.05) is 13.1 Å². The largest absolute Gasteiger partial charge is 0.493 e. The Morgan fingerprint density at radius 1 is 1.21 bits per heavy atom. The van der Waals surface area contributed by atoms with Crippen molar-refractivity contribution in [1.29, 1.82) is 0 Å². The van der Waals surface area contributed by atoms with E-state index in [1.807, 2.05) is 19.2 Å². The number of ether oxygens (including phenoxy) is 3. The van der Waals surface area contributed by atoms with Crippen LogP contribution < -0.4 is 20.1 Å². The summed E-state index contributed by atoms with van der Waals surface area (Å²) in [6.45, 7) is 5.86. The molecule has 0 aliphatic carbocycles. The van der Waals surface area contributed by atoms with Gasteiger partial charge in [-0.25, -0.2) is 9.59 Å². The van der Waals surface area contributed by atoms with Gasteiger partial charge >= 0.3 is 12.0 Å². The summed E-state index contributed by atoms with van der Waals surface area (Å²) in [5.41, 5.74) is 0.582. The zero-order valence-electron chi connectivity index (χ0n) is 16.5. The minimum absolute atomic E-state index is 0.317. The number of nitrogens with one attached hydrogen (secondary N) is 2. The van der Waals surface area contributed by atoms with Gasteiger partial charge in [0.25, 0.3) is 5.91 Å². The van der Waals surface area contributed by atoms with E-state index in [1.54, 1.807) is 12.1 Å². The van der Waals surface area contributed by atoms with E-state index < -0.39 is 24.0 Å². The van der Waals surface area contributed by atoms with Crippen molar-refractivity contribution < 1.29 is 28.6 Å². The van der Waals surface area contributed by atoms with Crippen LogP contribution >= 0.6 is 11.6 Å². The SMILES string of the molecule is CNC(=O)NC(=O)[C@H](C)OC(=O)/C=C/c1cc(Cl)c(OCC(C)C)c(OC)c1. The van der Waals surface area contributed by atoms with E-state index in [1.165, 1.54) is 27.2 Å². The standard InChI is InChI=1S/C19H25ClN2O6/c1-11(2)10-27-17-14(20)8-13(9-15(17)26-5)6-7-16(23)28-12(3)18(24)22-19(25)21-4/h6-9,11-12H,10H2,1-5H3,(H2,21,22,24,25)/b7-6+/t12-/m0/s1. The number of carbonyl (C=O) groups is 3. The van der Waals surface area contributed by atoms with Gasteiger partial charge in [-0.2, -0.15) is 0 Å². The third kappa shape index (κ3) is 7.48. The molecule has 0 aliphatic rings. The lowest BCUT2D eigenvalue weighted by Gasteiger charge is -2.14. The molecule has 1 aromatic rings. The van der Waals surface area contributed by atoms with Crippen LogP contribution in [-0.2, 0) is 14.3 Å². The van der Waals surface area contributed by atoms with Crippen LogP contribution in [0.15, 0.2) is 18.2 Å². The normalized spacial score (nSPS) is 11.8. The molecule has 0 bridgehead atoms. The van der Waals surface area contributed by atoms with Crippen LogP contribution in [0.4, 0.5) is 4.79 Å². The fraction of sp³-hybridized carbons (Fsp3) is 0.421. The van der Waals surface area contributed by atoms with Gasteiger partial charge in [-0.15, -0.1) is 0 Å². The van der Waals surface area contributed by atoms with E-state index >= 15 is 0 Å². The number of rotatable bonds is 8. The number of halogens is 1. The number of hydrogen-bond donors (Lipinski definition) is 2. The Kier molecular flexibility index (Phi) is 9.31. The molecule has 8 nitrogen and oxygen atoms in total. The van der Waals surface area contributed by atoms with Crippen LogP contribution in [-0.4, -0.2) is 44.8 Å². The van der Waals surface area contributed by atoms with Crippen LogP contribution in [0.3, 0.4) is 0 Å². The van der Waals surface area contributed by atoms with Gasteiger partial charge in [-0.3, -0.25) is 10.1 Å². The van der Waals surface area contributed by atoms with Gasteiger partial charge in [0.2, 0.25) is 0 Å². The van der Waals surface area contributed by atoms with Gasteiger partial charge in [-0.1, -0.05) is 25.4 Å². The quantitative estimate of drug-likeness (QED) is 0.502. The third-order valence-corrected chi connectivity index (χ3v) is 3.63. The van der Waals surface area contributed by atoms with Crippen molar-refractivity contribution in [2.24, 2.45) is 5.92 Å². The van der Waals surface area contributed by atoms with Crippen molar-refractivity contribution in [3.8, 4) is 11.5 Å². The lowest BCUT2D eigenvalue weighted by molar-refractivity contribution is -0.149. The molecule has 9 heteroatoms. The van der Waals surface area contributed by atoms with Gasteiger partial charge < -0.3 is 19.5 Å². The number of methoxy groups -OCH3 is 1. The first-order valence-corrected chi connectivity index (χ1v) is 8.97. The van der Waals surface area contributed by atoms with Crippen molar-refractivity contribution in [2.45, 2.75) is 26.9 Å². The highest BCUT2D eigenvalue weighted by Gasteiger charge is 2.18. The lowest BCUT2D eigenvalue weighted by atomic mass is 10.2. The summed E-state index contributed by atoms with van der Waals surface area (Å²) < 4.78 is 15.9. The second kappa shape index (κ2) is 11.2. The second-order valence-corrected chi connectivity index (χ2v) is 6.63. The molecule has 0 aromatic heterocycles. The Morgan fingerprint density at radius 3 is 2.46 bits per heavy atom. The molecule has 2 N–H and O–H groups in total. The second-order valence-electron chi connectivity index (χ2n) is 6.22. The molecule has 0 spiro atoms. The topological polar surface area (TPSA) is 103 Å². The Bertz CT molecular complexity index is 748. The molecule has 1 atom stereocenters. The molecule has 3 amide bonds. The number of esters is 1. The van der Waals surface area contributed by atoms with Crippen molar-refractivity contribution >= 4 is 35.6 Å². The Labute approximate surface area is 169 Å². The minimum Gasteiger partial charge on any atom is -0.493 e. The average Bonchev–Trinajstić information content (AvgIpc) is 2.64. The highest BCUT2D eigenvalue weighted by molar-refractivity contribution is 6.32. The molecule has 154 valence electrons. The molecule has 1 rings (SSSR count). The Balaban J connectivity index is 2.80. The zero-order chi connectivity index (χ0) is 21.3. The molecular formula is C19H25ClN2O6. The molecule has 0 saturated carbocycles. The molecule has 1 aromatic carbocycles. The van der Waals surface area contributed by atoms with E-state index in [4.69, 9.17) is 25.8 Å². The molecule has 0 saturated heterocycles. The maximum atomic E-state index is 11.9. The Hall–Kier alpha value is -2.74. The zero-order valence-corrected chi connectivity index (χ0v) is 17.3. The van der Waals surface area contributed by atoms with Crippen molar-refractivity contribution in [3.05, 3.63) is 28.8 Å². The van der Waals surface area contributed by atoms with E-state index in [2.05, 4.69) is 5.32 Å². The van der Waals surface area contributed by atoms with Gasteiger partial charge in [0.15, 0.2) is 17.6 Å². The molecule has 0 fully saturated rings. The molecule has 0 heterocycles. The van der Waals surface area contributed by atoms with E-state index in [0.717, 1.165) is 6.08 Å². The van der Waals surface area contributed by atoms with Crippen LogP contribution in [0.5, 0.6) is 11.5 Å². The smallest absolute Gasteiger partial charge is 0.331 e. The maximum absolute atomic E-state index is 11.9. The fourth-order valence-electron chi connectivity index (χ4n) is 1.93. The first kappa shape index (κ1) is 23.3. The maximum Gasteiger partial charge on any atom is 0.331 e. The number of imide groups is 1. The number of hydrogen-bond acceptors (Lipinski definition) is 6. The monoisotopic (exact) mass is 412 g/mol. The minimum atomic E-state index is -1.14. The summed E-state index contributed by atoms with van der Waals surface area (Å²) in [4.78, 5) is 34.7.